The van der Waals surface area contributed by atoms with E-state index in [2.05, 4.69) is 5.32 Å². The monoisotopic (exact) mass is 434 g/mol. The minimum Gasteiger partial charge on any atom is -0.464 e. The van der Waals surface area contributed by atoms with Gasteiger partial charge in [0, 0.05) is 6.42 Å². The van der Waals surface area contributed by atoms with Crippen LogP contribution in [0.5, 0.6) is 0 Å². The van der Waals surface area contributed by atoms with E-state index < -0.39 is 47.7 Å². The first-order valence-corrected chi connectivity index (χ1v) is 10.3. The second-order valence-corrected chi connectivity index (χ2v) is 8.03. The summed E-state index contributed by atoms with van der Waals surface area (Å²) in [7, 11) is 0. The van der Waals surface area contributed by atoms with Crippen LogP contribution in [0.2, 0.25) is 0 Å². The van der Waals surface area contributed by atoms with E-state index in [0.29, 0.717) is 0 Å². The predicted octanol–water partition coefficient (Wildman–Crippen LogP) is 1.83. The zero-order valence-corrected chi connectivity index (χ0v) is 18.5. The molecule has 9 heteroatoms. The third kappa shape index (κ3) is 6.70. The summed E-state index contributed by atoms with van der Waals surface area (Å²) in [6, 6.07) is 5.87. The van der Waals surface area contributed by atoms with Crippen molar-refractivity contribution in [2.75, 3.05) is 13.2 Å². The molecular formula is C22H30N2O7. The van der Waals surface area contributed by atoms with Crippen LogP contribution < -0.4 is 5.32 Å². The minimum absolute atomic E-state index is 0.108. The molecule has 0 radical (unpaired) electrons. The number of hydrogen-bond acceptors (Lipinski definition) is 7. The summed E-state index contributed by atoms with van der Waals surface area (Å²) >= 11 is 0. The molecule has 1 aromatic rings. The van der Waals surface area contributed by atoms with Gasteiger partial charge in [0.2, 0.25) is 5.91 Å². The van der Waals surface area contributed by atoms with Gasteiger partial charge in [0.1, 0.15) is 11.6 Å². The van der Waals surface area contributed by atoms with Gasteiger partial charge in [-0.2, -0.15) is 0 Å². The minimum atomic E-state index is -1.08. The Kier molecular flexibility index (Phi) is 8.01. The van der Waals surface area contributed by atoms with Crippen LogP contribution in [0.4, 0.5) is 4.79 Å². The molecule has 2 amide bonds. The second-order valence-electron chi connectivity index (χ2n) is 8.03. The van der Waals surface area contributed by atoms with E-state index >= 15 is 0 Å². The van der Waals surface area contributed by atoms with Crippen molar-refractivity contribution in [2.45, 2.75) is 64.8 Å². The standard InChI is InChI=1S/C22H30N2O7/c1-6-29-19(26)16-17(20(27)30-7-2)24(16)18(25)15(13-14-11-9-8-10-12-14)23-21(28)31-22(3,4)5/h8-12,15-17H,6-7,13H2,1-5H3,(H,23,28)/t15-,16+,17+/m0/s1. The van der Waals surface area contributed by atoms with E-state index in [4.69, 9.17) is 14.2 Å². The molecule has 170 valence electrons. The molecule has 9 nitrogen and oxygen atoms in total. The number of amides is 2. The first-order chi connectivity index (χ1) is 14.6. The average molecular weight is 434 g/mol. The fourth-order valence-electron chi connectivity index (χ4n) is 3.13. The topological polar surface area (TPSA) is 111 Å². The van der Waals surface area contributed by atoms with Gasteiger partial charge < -0.3 is 24.4 Å². The number of nitrogens with one attached hydrogen (secondary N) is 1. The van der Waals surface area contributed by atoms with Crippen molar-refractivity contribution in [1.82, 2.24) is 10.2 Å². The van der Waals surface area contributed by atoms with Crippen LogP contribution in [0.15, 0.2) is 30.3 Å². The maximum absolute atomic E-state index is 13.3. The second kappa shape index (κ2) is 10.3. The van der Waals surface area contributed by atoms with Crippen molar-refractivity contribution in [3.8, 4) is 0 Å². The third-order valence-corrected chi connectivity index (χ3v) is 4.39. The van der Waals surface area contributed by atoms with Crippen molar-refractivity contribution >= 4 is 23.9 Å². The van der Waals surface area contributed by atoms with Crippen molar-refractivity contribution in [1.29, 1.82) is 0 Å². The molecular weight excluding hydrogens is 404 g/mol. The molecule has 3 atom stereocenters. The molecule has 31 heavy (non-hydrogen) atoms. The summed E-state index contributed by atoms with van der Waals surface area (Å²) in [5.74, 6) is -1.97. The lowest BCUT2D eigenvalue weighted by molar-refractivity contribution is -0.147. The van der Waals surface area contributed by atoms with E-state index in [1.54, 1.807) is 34.6 Å². The molecule has 1 aromatic carbocycles. The number of rotatable bonds is 8. The first kappa shape index (κ1) is 24.2. The van der Waals surface area contributed by atoms with Gasteiger partial charge in [-0.05, 0) is 40.2 Å². The number of carbonyl (C=O) groups excluding carboxylic acids is 4. The lowest BCUT2D eigenvalue weighted by Gasteiger charge is -2.23. The van der Waals surface area contributed by atoms with Gasteiger partial charge in [-0.15, -0.1) is 0 Å². The molecule has 1 aliphatic heterocycles. The zero-order chi connectivity index (χ0) is 23.2. The number of hydrogen-bond donors (Lipinski definition) is 1. The lowest BCUT2D eigenvalue weighted by atomic mass is 10.1. The number of esters is 2. The zero-order valence-electron chi connectivity index (χ0n) is 18.5. The molecule has 0 aliphatic carbocycles. The third-order valence-electron chi connectivity index (χ3n) is 4.39. The van der Waals surface area contributed by atoms with Gasteiger partial charge in [0.05, 0.1) is 13.2 Å². The van der Waals surface area contributed by atoms with Crippen molar-refractivity contribution < 1.29 is 33.4 Å². The van der Waals surface area contributed by atoms with Crippen LogP contribution >= 0.6 is 0 Å². The quantitative estimate of drug-likeness (QED) is 0.377. The van der Waals surface area contributed by atoms with Crippen LogP contribution in [-0.4, -0.2) is 65.8 Å². The van der Waals surface area contributed by atoms with Gasteiger partial charge >= 0.3 is 18.0 Å². The van der Waals surface area contributed by atoms with Crippen LogP contribution in [-0.2, 0) is 35.0 Å². The van der Waals surface area contributed by atoms with Crippen molar-refractivity contribution in [2.24, 2.45) is 0 Å². The first-order valence-electron chi connectivity index (χ1n) is 10.3. The van der Waals surface area contributed by atoms with Gasteiger partial charge in [-0.25, -0.2) is 14.4 Å². The number of alkyl carbamates (subject to hydrolysis) is 1. The average Bonchev–Trinajstić information content (AvgIpc) is 3.42. The van der Waals surface area contributed by atoms with Crippen molar-refractivity contribution in [3.05, 3.63) is 35.9 Å². The molecule has 1 N–H and O–H groups in total. The highest BCUT2D eigenvalue weighted by molar-refractivity contribution is 6.02. The number of nitrogens with zero attached hydrogens (tertiary/aromatic N) is 1. The Bertz CT molecular complexity index is 780. The Balaban J connectivity index is 2.25. The Morgan fingerprint density at radius 1 is 0.968 bits per heavy atom. The predicted molar refractivity (Wildman–Crippen MR) is 111 cm³/mol. The van der Waals surface area contributed by atoms with Gasteiger partial charge in [0.15, 0.2) is 12.1 Å². The fraction of sp³-hybridized carbons (Fsp3) is 0.545. The van der Waals surface area contributed by atoms with E-state index in [-0.39, 0.29) is 19.6 Å². The molecule has 0 bridgehead atoms. The molecule has 1 aliphatic rings. The maximum atomic E-state index is 13.3. The molecule has 1 fully saturated rings. The van der Waals surface area contributed by atoms with Crippen LogP contribution in [0.25, 0.3) is 0 Å². The summed E-state index contributed by atoms with van der Waals surface area (Å²) < 4.78 is 15.3. The lowest BCUT2D eigenvalue weighted by Crippen LogP contribution is -2.48. The molecule has 2 rings (SSSR count). The number of carbonyl (C=O) groups is 4. The number of ether oxygens (including phenoxy) is 3. The van der Waals surface area contributed by atoms with E-state index in [9.17, 15) is 19.2 Å². The number of benzene rings is 1. The van der Waals surface area contributed by atoms with Gasteiger partial charge in [-0.3, -0.25) is 4.79 Å². The van der Waals surface area contributed by atoms with E-state index in [1.165, 1.54) is 0 Å². The summed E-state index contributed by atoms with van der Waals surface area (Å²) in [5, 5.41) is 2.57. The SMILES string of the molecule is CCOC(=O)[C@H]1[C@H](C(=O)OCC)N1C(=O)[C@H](Cc1ccccc1)NC(=O)OC(C)(C)C. The van der Waals surface area contributed by atoms with Crippen LogP contribution in [0, 0.1) is 0 Å². The molecule has 0 unspecified atom stereocenters. The largest absolute Gasteiger partial charge is 0.464 e. The normalized spacial score (nSPS) is 18.5. The Hall–Kier alpha value is -3.10. The molecule has 1 heterocycles. The molecule has 1 saturated heterocycles. The van der Waals surface area contributed by atoms with Crippen LogP contribution in [0.3, 0.4) is 0 Å². The summed E-state index contributed by atoms with van der Waals surface area (Å²) in [6.07, 6.45) is -0.621. The maximum Gasteiger partial charge on any atom is 0.408 e. The van der Waals surface area contributed by atoms with E-state index in [1.807, 2.05) is 30.3 Å². The molecule has 0 spiro atoms. The molecule has 0 aromatic heterocycles. The highest BCUT2D eigenvalue weighted by Crippen LogP contribution is 2.32. The van der Waals surface area contributed by atoms with Gasteiger partial charge in [-0.1, -0.05) is 30.3 Å². The highest BCUT2D eigenvalue weighted by Gasteiger charge is 2.62. The summed E-state index contributed by atoms with van der Waals surface area (Å²) in [5.41, 5.74) is 0.0322. The van der Waals surface area contributed by atoms with Crippen molar-refractivity contribution in [3.63, 3.8) is 0 Å². The Morgan fingerprint density at radius 2 is 1.48 bits per heavy atom. The Morgan fingerprint density at radius 3 is 1.94 bits per heavy atom. The Labute approximate surface area is 182 Å². The summed E-state index contributed by atoms with van der Waals surface area (Å²) in [6.45, 7) is 8.60. The van der Waals surface area contributed by atoms with Crippen LogP contribution in [0.1, 0.15) is 40.2 Å². The molecule has 0 saturated carbocycles. The van der Waals surface area contributed by atoms with Gasteiger partial charge in [0.25, 0.3) is 0 Å². The fourth-order valence-corrected chi connectivity index (χ4v) is 3.13. The smallest absolute Gasteiger partial charge is 0.408 e. The highest BCUT2D eigenvalue weighted by atomic mass is 16.6. The summed E-state index contributed by atoms with van der Waals surface area (Å²) in [4.78, 5) is 51.3. The van der Waals surface area contributed by atoms with E-state index in [0.717, 1.165) is 10.5 Å².